The smallest absolute Gasteiger partial charge is 0.174 e. The van der Waals surface area contributed by atoms with Crippen molar-refractivity contribution in [2.75, 3.05) is 0 Å². The Morgan fingerprint density at radius 1 is 0.636 bits per heavy atom. The molecule has 0 aliphatic carbocycles. The molecule has 0 aliphatic heterocycles. The summed E-state index contributed by atoms with van der Waals surface area (Å²) in [5.41, 5.74) is 0. The van der Waals surface area contributed by atoms with Gasteiger partial charge in [-0.1, -0.05) is 66.7 Å². The number of phenolic OH excluding ortho intramolecular Hbond substituents is 2. The molecule has 0 unspecified atom stereocenters. The average molecular weight is 310 g/mol. The molecule has 0 spiro atoms. The van der Waals surface area contributed by atoms with Crippen LogP contribution in [0, 0.1) is 0 Å². The third-order valence-corrected chi connectivity index (χ3v) is 6.66. The minimum atomic E-state index is -3.25. The van der Waals surface area contributed by atoms with Crippen LogP contribution in [0.3, 0.4) is 0 Å². The molecule has 0 aliphatic rings. The Morgan fingerprint density at radius 2 is 1.14 bits per heavy atom. The number of phenols is 2. The summed E-state index contributed by atoms with van der Waals surface area (Å²) < 4.78 is 13.9. The van der Waals surface area contributed by atoms with E-state index in [9.17, 15) is 14.8 Å². The lowest BCUT2D eigenvalue weighted by Gasteiger charge is -2.21. The lowest BCUT2D eigenvalue weighted by Crippen LogP contribution is -2.25. The summed E-state index contributed by atoms with van der Waals surface area (Å²) in [6.45, 7) is 0. The standard InChI is InChI=1S/C18H15O3P/c19-16-12-7-13-17(18(16)20)22(21,14-8-3-1-4-9-14)15-10-5-2-6-11-15/h1-13,19-20H. The molecule has 0 heterocycles. The van der Waals surface area contributed by atoms with Gasteiger partial charge in [-0.05, 0) is 12.1 Å². The number of hydrogen-bond acceptors (Lipinski definition) is 3. The molecule has 2 N–H and O–H groups in total. The maximum absolute atomic E-state index is 13.9. The van der Waals surface area contributed by atoms with Gasteiger partial charge in [-0.3, -0.25) is 0 Å². The average Bonchev–Trinajstić information content (AvgIpc) is 2.58. The second-order valence-electron chi connectivity index (χ2n) is 4.93. The second-order valence-corrected chi connectivity index (χ2v) is 7.66. The number of benzene rings is 3. The molecule has 4 heteroatoms. The highest BCUT2D eigenvalue weighted by molar-refractivity contribution is 7.85. The molecular weight excluding hydrogens is 295 g/mol. The quantitative estimate of drug-likeness (QED) is 0.578. The van der Waals surface area contributed by atoms with Crippen molar-refractivity contribution < 1.29 is 14.8 Å². The van der Waals surface area contributed by atoms with Gasteiger partial charge < -0.3 is 14.8 Å². The van der Waals surface area contributed by atoms with Gasteiger partial charge in [0.05, 0.1) is 5.30 Å². The predicted molar refractivity (Wildman–Crippen MR) is 89.2 cm³/mol. The van der Waals surface area contributed by atoms with E-state index >= 15 is 0 Å². The first kappa shape index (κ1) is 14.4. The van der Waals surface area contributed by atoms with Crippen LogP contribution in [0.5, 0.6) is 11.5 Å². The molecule has 3 aromatic rings. The highest BCUT2D eigenvalue weighted by Crippen LogP contribution is 2.46. The summed E-state index contributed by atoms with van der Waals surface area (Å²) in [6.07, 6.45) is 0. The summed E-state index contributed by atoms with van der Waals surface area (Å²) in [7, 11) is -3.25. The third kappa shape index (κ3) is 2.30. The monoisotopic (exact) mass is 310 g/mol. The normalized spacial score (nSPS) is 11.3. The van der Waals surface area contributed by atoms with Gasteiger partial charge in [-0.2, -0.15) is 0 Å². The van der Waals surface area contributed by atoms with Crippen LogP contribution < -0.4 is 15.9 Å². The van der Waals surface area contributed by atoms with Crippen LogP contribution >= 0.6 is 7.14 Å². The van der Waals surface area contributed by atoms with E-state index < -0.39 is 7.14 Å². The first-order valence-electron chi connectivity index (χ1n) is 6.87. The maximum atomic E-state index is 13.9. The number of hydrogen-bond donors (Lipinski definition) is 2. The lowest BCUT2D eigenvalue weighted by molar-refractivity contribution is 0.406. The van der Waals surface area contributed by atoms with Gasteiger partial charge in [0.15, 0.2) is 18.6 Å². The number of aromatic hydroxyl groups is 2. The molecule has 0 radical (unpaired) electrons. The molecule has 3 rings (SSSR count). The van der Waals surface area contributed by atoms with Crippen LogP contribution in [-0.2, 0) is 4.57 Å². The van der Waals surface area contributed by atoms with Gasteiger partial charge in [0.2, 0.25) is 0 Å². The van der Waals surface area contributed by atoms with Crippen molar-refractivity contribution in [1.82, 2.24) is 0 Å². The van der Waals surface area contributed by atoms with Gasteiger partial charge in [0.1, 0.15) is 0 Å². The van der Waals surface area contributed by atoms with Crippen molar-refractivity contribution in [3.8, 4) is 11.5 Å². The molecule has 3 nitrogen and oxygen atoms in total. The van der Waals surface area contributed by atoms with Crippen molar-refractivity contribution in [3.63, 3.8) is 0 Å². The maximum Gasteiger partial charge on any atom is 0.174 e. The molecule has 0 bridgehead atoms. The largest absolute Gasteiger partial charge is 0.504 e. The highest BCUT2D eigenvalue weighted by Gasteiger charge is 2.32. The van der Waals surface area contributed by atoms with E-state index in [1.54, 1.807) is 36.4 Å². The van der Waals surface area contributed by atoms with Crippen LogP contribution in [-0.4, -0.2) is 10.2 Å². The molecule has 110 valence electrons. The molecule has 0 atom stereocenters. The summed E-state index contributed by atoms with van der Waals surface area (Å²) >= 11 is 0. The molecule has 0 saturated heterocycles. The first-order chi connectivity index (χ1) is 10.6. The highest BCUT2D eigenvalue weighted by atomic mass is 31.2. The molecule has 22 heavy (non-hydrogen) atoms. The summed E-state index contributed by atoms with van der Waals surface area (Å²) in [4.78, 5) is 0. The fourth-order valence-corrected chi connectivity index (χ4v) is 5.22. The molecule has 3 aromatic carbocycles. The van der Waals surface area contributed by atoms with Crippen molar-refractivity contribution >= 4 is 23.1 Å². The minimum absolute atomic E-state index is 0.241. The van der Waals surface area contributed by atoms with Crippen LogP contribution in [0.1, 0.15) is 0 Å². The van der Waals surface area contributed by atoms with Gasteiger partial charge in [-0.15, -0.1) is 0 Å². The number of rotatable bonds is 3. The van der Waals surface area contributed by atoms with Crippen molar-refractivity contribution in [2.24, 2.45) is 0 Å². The fourth-order valence-electron chi connectivity index (χ4n) is 2.48. The minimum Gasteiger partial charge on any atom is -0.504 e. The molecule has 0 amide bonds. The van der Waals surface area contributed by atoms with E-state index in [0.29, 0.717) is 10.6 Å². The Morgan fingerprint density at radius 3 is 1.64 bits per heavy atom. The Labute approximate surface area is 128 Å². The van der Waals surface area contributed by atoms with E-state index in [0.717, 1.165) is 0 Å². The predicted octanol–water partition coefficient (Wildman–Crippen LogP) is 2.74. The Hall–Kier alpha value is -2.51. The zero-order valence-electron chi connectivity index (χ0n) is 11.8. The van der Waals surface area contributed by atoms with Crippen molar-refractivity contribution in [2.45, 2.75) is 0 Å². The van der Waals surface area contributed by atoms with Crippen LogP contribution in [0.25, 0.3) is 0 Å². The lowest BCUT2D eigenvalue weighted by atomic mass is 10.3. The molecule has 0 aromatic heterocycles. The second kappa shape index (κ2) is 5.70. The van der Waals surface area contributed by atoms with E-state index in [1.807, 2.05) is 36.4 Å². The zero-order chi connectivity index (χ0) is 15.6. The Balaban J connectivity index is 2.34. The van der Waals surface area contributed by atoms with E-state index in [2.05, 4.69) is 0 Å². The van der Waals surface area contributed by atoms with Gasteiger partial charge in [-0.25, -0.2) is 0 Å². The Kier molecular flexibility index (Phi) is 3.74. The first-order valence-corrected chi connectivity index (χ1v) is 8.57. The molecule has 0 fully saturated rings. The van der Waals surface area contributed by atoms with E-state index in [1.165, 1.54) is 6.07 Å². The van der Waals surface area contributed by atoms with Gasteiger partial charge in [0.25, 0.3) is 0 Å². The zero-order valence-corrected chi connectivity index (χ0v) is 12.6. The SMILES string of the molecule is O=P(c1ccccc1)(c1ccccc1)c1cccc(O)c1O. The van der Waals surface area contributed by atoms with E-state index in [-0.39, 0.29) is 16.8 Å². The molecular formula is C18H15O3P. The van der Waals surface area contributed by atoms with Crippen LogP contribution in [0.15, 0.2) is 78.9 Å². The van der Waals surface area contributed by atoms with Crippen molar-refractivity contribution in [1.29, 1.82) is 0 Å². The fraction of sp³-hybridized carbons (Fsp3) is 0. The third-order valence-electron chi connectivity index (χ3n) is 3.57. The molecule has 0 saturated carbocycles. The summed E-state index contributed by atoms with van der Waals surface area (Å²) in [5, 5.41) is 21.5. The summed E-state index contributed by atoms with van der Waals surface area (Å²) in [5.74, 6) is -0.608. The topological polar surface area (TPSA) is 57.5 Å². The van der Waals surface area contributed by atoms with E-state index in [4.69, 9.17) is 0 Å². The van der Waals surface area contributed by atoms with Gasteiger partial charge >= 0.3 is 0 Å². The van der Waals surface area contributed by atoms with Crippen LogP contribution in [0.4, 0.5) is 0 Å². The van der Waals surface area contributed by atoms with Crippen molar-refractivity contribution in [3.05, 3.63) is 78.9 Å². The Bertz CT molecular complexity index is 786. The number of para-hydroxylation sites is 1. The van der Waals surface area contributed by atoms with Crippen LogP contribution in [0.2, 0.25) is 0 Å². The summed E-state index contributed by atoms with van der Waals surface area (Å²) in [6, 6.07) is 22.6. The van der Waals surface area contributed by atoms with Gasteiger partial charge in [0, 0.05) is 10.6 Å².